The van der Waals surface area contributed by atoms with E-state index < -0.39 is 0 Å². The number of pyridine rings is 2. The van der Waals surface area contributed by atoms with Crippen molar-refractivity contribution in [2.24, 2.45) is 0 Å². The van der Waals surface area contributed by atoms with Crippen LogP contribution in [0, 0.1) is 0 Å². The molecule has 2 aromatic heterocycles. The molecule has 1 aliphatic rings. The molecule has 2 aromatic rings. The first-order chi connectivity index (χ1) is 10.8. The van der Waals surface area contributed by atoms with Crippen molar-refractivity contribution >= 4 is 17.4 Å². The van der Waals surface area contributed by atoms with Gasteiger partial charge in [-0.25, -0.2) is 4.98 Å². The summed E-state index contributed by atoms with van der Waals surface area (Å²) in [5, 5.41) is 2.83. The van der Waals surface area contributed by atoms with E-state index in [1.165, 1.54) is 25.7 Å². The van der Waals surface area contributed by atoms with E-state index in [1.807, 2.05) is 12.1 Å². The van der Waals surface area contributed by atoms with Crippen molar-refractivity contribution in [1.82, 2.24) is 9.97 Å². The minimum atomic E-state index is -0.152. The predicted molar refractivity (Wildman–Crippen MR) is 87.1 cm³/mol. The van der Waals surface area contributed by atoms with E-state index in [-0.39, 0.29) is 5.91 Å². The van der Waals surface area contributed by atoms with E-state index >= 15 is 0 Å². The standard InChI is InChI=1S/C17H20N4O/c22-17(20-15-7-9-18-10-8-15)14-5-6-16(19-13-14)21-11-3-1-2-4-12-21/h5-10,13H,1-4,11-12H2,(H,18,20,22). The number of nitrogens with zero attached hydrogens (tertiary/aromatic N) is 3. The van der Waals surface area contributed by atoms with E-state index in [1.54, 1.807) is 30.7 Å². The Kier molecular flexibility index (Phi) is 4.63. The van der Waals surface area contributed by atoms with Gasteiger partial charge in [-0.3, -0.25) is 9.78 Å². The molecule has 0 aromatic carbocycles. The van der Waals surface area contributed by atoms with Crippen LogP contribution in [0.2, 0.25) is 0 Å². The van der Waals surface area contributed by atoms with Crippen LogP contribution in [0.15, 0.2) is 42.9 Å². The van der Waals surface area contributed by atoms with Crippen molar-refractivity contribution in [3.8, 4) is 0 Å². The van der Waals surface area contributed by atoms with Gasteiger partial charge in [0.2, 0.25) is 0 Å². The van der Waals surface area contributed by atoms with Crippen molar-refractivity contribution in [1.29, 1.82) is 0 Å². The van der Waals surface area contributed by atoms with Gasteiger partial charge in [0.05, 0.1) is 5.56 Å². The Labute approximate surface area is 130 Å². The van der Waals surface area contributed by atoms with E-state index in [9.17, 15) is 4.79 Å². The summed E-state index contributed by atoms with van der Waals surface area (Å²) < 4.78 is 0. The van der Waals surface area contributed by atoms with Crippen LogP contribution >= 0.6 is 0 Å². The van der Waals surface area contributed by atoms with Gasteiger partial charge >= 0.3 is 0 Å². The zero-order valence-electron chi connectivity index (χ0n) is 12.5. The van der Waals surface area contributed by atoms with Gasteiger partial charge in [0.25, 0.3) is 5.91 Å². The highest BCUT2D eigenvalue weighted by Gasteiger charge is 2.12. The van der Waals surface area contributed by atoms with Gasteiger partial charge in [-0.15, -0.1) is 0 Å². The Morgan fingerprint density at radius 3 is 2.36 bits per heavy atom. The Hall–Kier alpha value is -2.43. The predicted octanol–water partition coefficient (Wildman–Crippen LogP) is 3.11. The van der Waals surface area contributed by atoms with Gasteiger partial charge in [0.15, 0.2) is 0 Å². The van der Waals surface area contributed by atoms with Crippen LogP contribution in [0.3, 0.4) is 0 Å². The molecule has 22 heavy (non-hydrogen) atoms. The Bertz CT molecular complexity index is 604. The van der Waals surface area contributed by atoms with Gasteiger partial charge in [0.1, 0.15) is 5.82 Å². The van der Waals surface area contributed by atoms with Crippen LogP contribution in [-0.4, -0.2) is 29.0 Å². The third-order valence-corrected chi connectivity index (χ3v) is 3.88. The van der Waals surface area contributed by atoms with E-state index in [4.69, 9.17) is 0 Å². The lowest BCUT2D eigenvalue weighted by Gasteiger charge is -2.21. The van der Waals surface area contributed by atoms with Crippen LogP contribution in [0.25, 0.3) is 0 Å². The summed E-state index contributed by atoms with van der Waals surface area (Å²) in [7, 11) is 0. The minimum absolute atomic E-state index is 0.152. The molecule has 1 fully saturated rings. The Balaban J connectivity index is 1.66. The molecule has 0 saturated carbocycles. The zero-order chi connectivity index (χ0) is 15.2. The number of carbonyl (C=O) groups is 1. The fourth-order valence-corrected chi connectivity index (χ4v) is 2.65. The maximum Gasteiger partial charge on any atom is 0.257 e. The number of aromatic nitrogens is 2. The molecule has 0 spiro atoms. The van der Waals surface area contributed by atoms with Crippen LogP contribution < -0.4 is 10.2 Å². The molecular weight excluding hydrogens is 276 g/mol. The second-order valence-corrected chi connectivity index (χ2v) is 5.50. The fourth-order valence-electron chi connectivity index (χ4n) is 2.65. The highest BCUT2D eigenvalue weighted by atomic mass is 16.1. The van der Waals surface area contributed by atoms with Crippen LogP contribution in [0.4, 0.5) is 11.5 Å². The summed E-state index contributed by atoms with van der Waals surface area (Å²) >= 11 is 0. The van der Waals surface area contributed by atoms with Gasteiger partial charge in [0, 0.05) is 37.4 Å². The molecule has 0 atom stereocenters. The minimum Gasteiger partial charge on any atom is -0.357 e. The molecule has 0 radical (unpaired) electrons. The second kappa shape index (κ2) is 7.02. The maximum absolute atomic E-state index is 12.2. The largest absolute Gasteiger partial charge is 0.357 e. The first-order valence-corrected chi connectivity index (χ1v) is 7.75. The summed E-state index contributed by atoms with van der Waals surface area (Å²) in [6.45, 7) is 2.10. The molecule has 0 bridgehead atoms. The normalized spacial score (nSPS) is 15.2. The molecule has 1 aliphatic heterocycles. The first-order valence-electron chi connectivity index (χ1n) is 7.75. The molecule has 0 aliphatic carbocycles. The first kappa shape index (κ1) is 14.5. The molecule has 1 N–H and O–H groups in total. The van der Waals surface area contributed by atoms with Crippen LogP contribution in [-0.2, 0) is 0 Å². The SMILES string of the molecule is O=C(Nc1ccncc1)c1ccc(N2CCCCCC2)nc1. The summed E-state index contributed by atoms with van der Waals surface area (Å²) in [6, 6.07) is 7.30. The quantitative estimate of drug-likeness (QED) is 0.945. The van der Waals surface area contributed by atoms with Crippen molar-refractivity contribution < 1.29 is 4.79 Å². The van der Waals surface area contributed by atoms with Crippen molar-refractivity contribution in [2.45, 2.75) is 25.7 Å². The van der Waals surface area contributed by atoms with Gasteiger partial charge < -0.3 is 10.2 Å². The Morgan fingerprint density at radius 1 is 1.00 bits per heavy atom. The zero-order valence-corrected chi connectivity index (χ0v) is 12.5. The van der Waals surface area contributed by atoms with Crippen molar-refractivity contribution in [3.63, 3.8) is 0 Å². The Morgan fingerprint density at radius 2 is 1.73 bits per heavy atom. The average molecular weight is 296 g/mol. The van der Waals surface area contributed by atoms with E-state index in [0.717, 1.165) is 24.6 Å². The molecule has 0 unspecified atom stereocenters. The summed E-state index contributed by atoms with van der Waals surface area (Å²) in [5.74, 6) is 0.809. The highest BCUT2D eigenvalue weighted by Crippen LogP contribution is 2.17. The van der Waals surface area contributed by atoms with Crippen LogP contribution in [0.5, 0.6) is 0 Å². The smallest absolute Gasteiger partial charge is 0.257 e. The highest BCUT2D eigenvalue weighted by molar-refractivity contribution is 6.04. The number of carbonyl (C=O) groups excluding carboxylic acids is 1. The number of anilines is 2. The number of rotatable bonds is 3. The molecule has 114 valence electrons. The number of hydrogen-bond acceptors (Lipinski definition) is 4. The van der Waals surface area contributed by atoms with Gasteiger partial charge in [-0.2, -0.15) is 0 Å². The monoisotopic (exact) mass is 296 g/mol. The summed E-state index contributed by atoms with van der Waals surface area (Å²) in [5.41, 5.74) is 1.30. The van der Waals surface area contributed by atoms with Crippen LogP contribution in [0.1, 0.15) is 36.0 Å². The van der Waals surface area contributed by atoms with E-state index in [0.29, 0.717) is 5.56 Å². The lowest BCUT2D eigenvalue weighted by Crippen LogP contribution is -2.25. The van der Waals surface area contributed by atoms with E-state index in [2.05, 4.69) is 20.2 Å². The molecular formula is C17H20N4O. The molecule has 5 nitrogen and oxygen atoms in total. The van der Waals surface area contributed by atoms with Gasteiger partial charge in [-0.1, -0.05) is 12.8 Å². The summed E-state index contributed by atoms with van der Waals surface area (Å²) in [6.07, 6.45) is 9.97. The third kappa shape index (κ3) is 3.61. The number of amides is 1. The molecule has 3 heterocycles. The number of hydrogen-bond donors (Lipinski definition) is 1. The topological polar surface area (TPSA) is 58.1 Å². The van der Waals surface area contributed by atoms with Crippen molar-refractivity contribution in [2.75, 3.05) is 23.3 Å². The average Bonchev–Trinajstić information content (AvgIpc) is 2.85. The number of nitrogens with one attached hydrogen (secondary N) is 1. The lowest BCUT2D eigenvalue weighted by molar-refractivity contribution is 0.102. The third-order valence-electron chi connectivity index (χ3n) is 3.88. The maximum atomic E-state index is 12.2. The molecule has 3 rings (SSSR count). The second-order valence-electron chi connectivity index (χ2n) is 5.50. The fraction of sp³-hybridized carbons (Fsp3) is 0.353. The molecule has 1 amide bonds. The lowest BCUT2D eigenvalue weighted by atomic mass is 10.2. The van der Waals surface area contributed by atoms with Gasteiger partial charge in [-0.05, 0) is 37.1 Å². The molecule has 1 saturated heterocycles. The van der Waals surface area contributed by atoms with Crippen molar-refractivity contribution in [3.05, 3.63) is 48.4 Å². The summed E-state index contributed by atoms with van der Waals surface area (Å²) in [4.78, 5) is 22.9. The molecule has 5 heteroatoms.